The zero-order chi connectivity index (χ0) is 12.3. The summed E-state index contributed by atoms with van der Waals surface area (Å²) in [6, 6.07) is 6.23. The van der Waals surface area contributed by atoms with Crippen LogP contribution >= 0.6 is 31.9 Å². The number of nitrogens with one attached hydrogen (secondary N) is 1. The Kier molecular flexibility index (Phi) is 4.23. The van der Waals surface area contributed by atoms with E-state index in [2.05, 4.69) is 61.3 Å². The van der Waals surface area contributed by atoms with Gasteiger partial charge in [-0.25, -0.2) is 0 Å². The van der Waals surface area contributed by atoms with Crippen LogP contribution in [0.4, 0.5) is 5.69 Å². The molecule has 1 N–H and O–H groups in total. The molecule has 17 heavy (non-hydrogen) atoms. The molecule has 90 valence electrons. The molecule has 0 aliphatic carbocycles. The first-order chi connectivity index (χ1) is 8.19. The molecule has 5 heteroatoms. The Bertz CT molecular complexity index is 508. The fraction of sp³-hybridized carbons (Fsp3) is 0.250. The molecule has 0 spiro atoms. The lowest BCUT2D eigenvalue weighted by molar-refractivity contribution is 0.660. The first-order valence-corrected chi connectivity index (χ1v) is 6.98. The molecule has 0 amide bonds. The molecule has 2 rings (SSSR count). The number of nitrogens with zero attached hydrogens (tertiary/aromatic N) is 2. The fourth-order valence-corrected chi connectivity index (χ4v) is 2.15. The number of halogens is 2. The van der Waals surface area contributed by atoms with Gasteiger partial charge in [-0.2, -0.15) is 5.10 Å². The average molecular weight is 359 g/mol. The lowest BCUT2D eigenvalue weighted by Crippen LogP contribution is -1.98. The van der Waals surface area contributed by atoms with Crippen molar-refractivity contribution in [1.29, 1.82) is 0 Å². The lowest BCUT2D eigenvalue weighted by Gasteiger charge is -2.05. The summed E-state index contributed by atoms with van der Waals surface area (Å²) in [5, 5.41) is 7.56. The number of rotatable bonds is 4. The van der Waals surface area contributed by atoms with E-state index in [0.29, 0.717) is 0 Å². The first-order valence-electron chi connectivity index (χ1n) is 5.39. The second-order valence-corrected chi connectivity index (χ2v) is 5.40. The van der Waals surface area contributed by atoms with Crippen molar-refractivity contribution in [2.75, 3.05) is 5.32 Å². The van der Waals surface area contributed by atoms with E-state index in [9.17, 15) is 0 Å². The van der Waals surface area contributed by atoms with Crippen LogP contribution in [0.25, 0.3) is 0 Å². The number of anilines is 1. The molecule has 0 aliphatic heterocycles. The molecule has 0 bridgehead atoms. The molecule has 0 aliphatic rings. The quantitative estimate of drug-likeness (QED) is 0.893. The van der Waals surface area contributed by atoms with Crippen LogP contribution in [0.1, 0.15) is 12.5 Å². The fourth-order valence-electron chi connectivity index (χ4n) is 1.48. The third kappa shape index (κ3) is 3.33. The summed E-state index contributed by atoms with van der Waals surface area (Å²) in [5.41, 5.74) is 2.27. The first kappa shape index (κ1) is 12.6. The number of benzene rings is 1. The van der Waals surface area contributed by atoms with Crippen molar-refractivity contribution in [3.63, 3.8) is 0 Å². The molecular formula is C12H13Br2N3. The Morgan fingerprint density at radius 3 is 2.76 bits per heavy atom. The maximum atomic E-state index is 4.22. The van der Waals surface area contributed by atoms with Gasteiger partial charge in [-0.3, -0.25) is 4.68 Å². The third-order valence-corrected chi connectivity index (χ3v) is 4.32. The summed E-state index contributed by atoms with van der Waals surface area (Å²) >= 11 is 6.95. The van der Waals surface area contributed by atoms with Gasteiger partial charge >= 0.3 is 0 Å². The van der Waals surface area contributed by atoms with Crippen LogP contribution in [0.2, 0.25) is 0 Å². The average Bonchev–Trinajstić information content (AvgIpc) is 2.79. The summed E-state index contributed by atoms with van der Waals surface area (Å²) in [5.74, 6) is 0. The summed E-state index contributed by atoms with van der Waals surface area (Å²) in [7, 11) is 0. The van der Waals surface area contributed by atoms with Gasteiger partial charge in [0.1, 0.15) is 0 Å². The Balaban J connectivity index is 1.99. The van der Waals surface area contributed by atoms with E-state index in [1.165, 1.54) is 5.56 Å². The second-order valence-electron chi connectivity index (χ2n) is 3.69. The molecule has 0 saturated carbocycles. The van der Waals surface area contributed by atoms with E-state index in [1.807, 2.05) is 23.1 Å². The Morgan fingerprint density at radius 2 is 2.12 bits per heavy atom. The second kappa shape index (κ2) is 5.69. The predicted octanol–water partition coefficient (Wildman–Crippen LogP) is 4.04. The number of hydrogen-bond acceptors (Lipinski definition) is 2. The highest BCUT2D eigenvalue weighted by Crippen LogP contribution is 2.24. The number of hydrogen-bond donors (Lipinski definition) is 1. The minimum absolute atomic E-state index is 0.793. The summed E-state index contributed by atoms with van der Waals surface area (Å²) in [6.45, 7) is 3.76. The minimum atomic E-state index is 0.793. The summed E-state index contributed by atoms with van der Waals surface area (Å²) in [4.78, 5) is 0. The van der Waals surface area contributed by atoms with Crippen LogP contribution in [-0.4, -0.2) is 9.78 Å². The normalized spacial score (nSPS) is 10.5. The van der Waals surface area contributed by atoms with Crippen molar-refractivity contribution in [2.24, 2.45) is 0 Å². The van der Waals surface area contributed by atoms with Crippen molar-refractivity contribution in [3.05, 3.63) is 45.1 Å². The zero-order valence-corrected chi connectivity index (χ0v) is 12.6. The van der Waals surface area contributed by atoms with Gasteiger partial charge in [0.15, 0.2) is 0 Å². The van der Waals surface area contributed by atoms with Gasteiger partial charge in [-0.1, -0.05) is 6.07 Å². The van der Waals surface area contributed by atoms with E-state index in [0.717, 1.165) is 27.7 Å². The SMILES string of the molecule is CCn1cc(NCc2ccc(Br)c(Br)c2)cn1. The van der Waals surface area contributed by atoms with Crippen LogP contribution in [0, 0.1) is 0 Å². The molecule has 0 fully saturated rings. The van der Waals surface area contributed by atoms with E-state index in [1.54, 1.807) is 0 Å². The molecule has 0 radical (unpaired) electrons. The van der Waals surface area contributed by atoms with E-state index >= 15 is 0 Å². The summed E-state index contributed by atoms with van der Waals surface area (Å²) in [6.07, 6.45) is 3.85. The largest absolute Gasteiger partial charge is 0.378 e. The van der Waals surface area contributed by atoms with Crippen molar-refractivity contribution in [1.82, 2.24) is 9.78 Å². The van der Waals surface area contributed by atoms with Crippen molar-refractivity contribution in [2.45, 2.75) is 20.0 Å². The van der Waals surface area contributed by atoms with Crippen LogP contribution < -0.4 is 5.32 Å². The Morgan fingerprint density at radius 1 is 1.29 bits per heavy atom. The molecule has 0 unspecified atom stereocenters. The van der Waals surface area contributed by atoms with E-state index in [-0.39, 0.29) is 0 Å². The Labute approximate surface area is 117 Å². The lowest BCUT2D eigenvalue weighted by atomic mass is 10.2. The Hall–Kier alpha value is -0.810. The summed E-state index contributed by atoms with van der Waals surface area (Å²) < 4.78 is 4.04. The maximum absolute atomic E-state index is 4.22. The highest BCUT2D eigenvalue weighted by Gasteiger charge is 2.00. The van der Waals surface area contributed by atoms with Crippen LogP contribution in [0.5, 0.6) is 0 Å². The standard InChI is InChI=1S/C12H13Br2N3/c1-2-17-8-10(7-16-17)15-6-9-3-4-11(13)12(14)5-9/h3-5,7-8,15H,2,6H2,1H3. The van der Waals surface area contributed by atoms with Crippen molar-refractivity contribution < 1.29 is 0 Å². The maximum Gasteiger partial charge on any atom is 0.0729 e. The van der Waals surface area contributed by atoms with Crippen molar-refractivity contribution in [3.8, 4) is 0 Å². The number of aromatic nitrogens is 2. The predicted molar refractivity (Wildman–Crippen MR) is 77.1 cm³/mol. The zero-order valence-electron chi connectivity index (χ0n) is 9.45. The van der Waals surface area contributed by atoms with Crippen LogP contribution in [-0.2, 0) is 13.1 Å². The van der Waals surface area contributed by atoms with Gasteiger partial charge in [-0.15, -0.1) is 0 Å². The van der Waals surface area contributed by atoms with Crippen LogP contribution in [0.3, 0.4) is 0 Å². The highest BCUT2D eigenvalue weighted by atomic mass is 79.9. The van der Waals surface area contributed by atoms with Gasteiger partial charge in [-0.05, 0) is 56.5 Å². The molecule has 0 atom stereocenters. The highest BCUT2D eigenvalue weighted by molar-refractivity contribution is 9.13. The molecule has 0 saturated heterocycles. The van der Waals surface area contributed by atoms with E-state index in [4.69, 9.17) is 0 Å². The minimum Gasteiger partial charge on any atom is -0.378 e. The molecule has 1 aromatic heterocycles. The third-order valence-electron chi connectivity index (χ3n) is 2.44. The monoisotopic (exact) mass is 357 g/mol. The molecule has 3 nitrogen and oxygen atoms in total. The van der Waals surface area contributed by atoms with E-state index < -0.39 is 0 Å². The molecule has 1 aromatic carbocycles. The number of aryl methyl sites for hydroxylation is 1. The van der Waals surface area contributed by atoms with Gasteiger partial charge in [0.05, 0.1) is 11.9 Å². The molecule has 1 heterocycles. The molecular weight excluding hydrogens is 346 g/mol. The van der Waals surface area contributed by atoms with Gasteiger partial charge in [0.25, 0.3) is 0 Å². The van der Waals surface area contributed by atoms with Gasteiger partial charge in [0.2, 0.25) is 0 Å². The van der Waals surface area contributed by atoms with Crippen molar-refractivity contribution >= 4 is 37.5 Å². The smallest absolute Gasteiger partial charge is 0.0729 e. The van der Waals surface area contributed by atoms with Crippen LogP contribution in [0.15, 0.2) is 39.5 Å². The van der Waals surface area contributed by atoms with Gasteiger partial charge in [0, 0.05) is 28.2 Å². The molecule has 2 aromatic rings. The van der Waals surface area contributed by atoms with Gasteiger partial charge < -0.3 is 5.32 Å². The topological polar surface area (TPSA) is 29.9 Å².